The lowest BCUT2D eigenvalue weighted by atomic mass is 9.71. The molecule has 0 aliphatic carbocycles. The number of rotatable bonds is 8. The van der Waals surface area contributed by atoms with Gasteiger partial charge in [-0.15, -0.1) is 0 Å². The Bertz CT molecular complexity index is 391. The highest BCUT2D eigenvalue weighted by Gasteiger charge is 2.38. The smallest absolute Gasteiger partial charge is 0.225 e. The van der Waals surface area contributed by atoms with Crippen molar-refractivity contribution in [2.24, 2.45) is 17.3 Å². The fraction of sp³-hybridized carbons (Fsp3) is 0.955. The third kappa shape index (κ3) is 5.98. The van der Waals surface area contributed by atoms with E-state index in [0.29, 0.717) is 11.3 Å². The number of carbonyl (C=O) groups excluding carboxylic acids is 1. The molecule has 1 amide bonds. The number of carbonyl (C=O) groups is 1. The standard InChI is InChI=1S/C22H42N2O/c1-5-8-19(3)9-7-14-23-15-10-22(11-16-23)12-17-24(18-13-22)21(25)20(4)6-2/h19-20H,5-18H2,1-4H3. The van der Waals surface area contributed by atoms with Gasteiger partial charge >= 0.3 is 0 Å². The van der Waals surface area contributed by atoms with Crippen LogP contribution in [0.1, 0.15) is 85.5 Å². The minimum atomic E-state index is 0.200. The van der Waals surface area contributed by atoms with Crippen LogP contribution in [0.4, 0.5) is 0 Å². The molecule has 3 nitrogen and oxygen atoms in total. The Kier molecular flexibility index (Phi) is 8.25. The summed E-state index contributed by atoms with van der Waals surface area (Å²) in [6, 6.07) is 0. The first kappa shape index (κ1) is 20.7. The van der Waals surface area contributed by atoms with Crippen molar-refractivity contribution in [2.75, 3.05) is 32.7 Å². The van der Waals surface area contributed by atoms with Crippen molar-refractivity contribution in [1.82, 2.24) is 9.80 Å². The van der Waals surface area contributed by atoms with Crippen molar-refractivity contribution in [3.05, 3.63) is 0 Å². The first-order valence-electron chi connectivity index (χ1n) is 11.0. The van der Waals surface area contributed by atoms with Gasteiger partial charge in [0, 0.05) is 19.0 Å². The predicted octanol–water partition coefficient (Wildman–Crippen LogP) is 4.95. The van der Waals surface area contributed by atoms with Gasteiger partial charge in [-0.3, -0.25) is 4.79 Å². The second-order valence-electron chi connectivity index (χ2n) is 9.01. The van der Waals surface area contributed by atoms with Crippen molar-refractivity contribution in [3.8, 4) is 0 Å². The van der Waals surface area contributed by atoms with Crippen molar-refractivity contribution < 1.29 is 4.79 Å². The third-order valence-corrected chi connectivity index (χ3v) is 7.04. The van der Waals surface area contributed by atoms with E-state index in [-0.39, 0.29) is 5.92 Å². The molecule has 0 bridgehead atoms. The number of nitrogens with zero attached hydrogens (tertiary/aromatic N) is 2. The fourth-order valence-corrected chi connectivity index (χ4v) is 4.74. The molecule has 2 heterocycles. The molecule has 2 atom stereocenters. The Labute approximate surface area is 156 Å². The molecule has 0 aromatic heterocycles. The molecule has 146 valence electrons. The lowest BCUT2D eigenvalue weighted by Gasteiger charge is -2.47. The monoisotopic (exact) mass is 350 g/mol. The van der Waals surface area contributed by atoms with Crippen LogP contribution in [0.2, 0.25) is 0 Å². The molecule has 2 aliphatic heterocycles. The summed E-state index contributed by atoms with van der Waals surface area (Å²) in [6.45, 7) is 14.7. The topological polar surface area (TPSA) is 23.6 Å². The summed E-state index contributed by atoms with van der Waals surface area (Å²) >= 11 is 0. The van der Waals surface area contributed by atoms with Crippen molar-refractivity contribution in [1.29, 1.82) is 0 Å². The number of hydrogen-bond donors (Lipinski definition) is 0. The van der Waals surface area contributed by atoms with Gasteiger partial charge < -0.3 is 9.80 Å². The van der Waals surface area contributed by atoms with Crippen LogP contribution in [0.25, 0.3) is 0 Å². The molecule has 1 spiro atoms. The summed E-state index contributed by atoms with van der Waals surface area (Å²) in [5, 5.41) is 0. The van der Waals surface area contributed by atoms with E-state index in [0.717, 1.165) is 25.4 Å². The third-order valence-electron chi connectivity index (χ3n) is 7.04. The predicted molar refractivity (Wildman–Crippen MR) is 107 cm³/mol. The second-order valence-corrected chi connectivity index (χ2v) is 9.01. The van der Waals surface area contributed by atoms with E-state index >= 15 is 0 Å². The molecule has 0 radical (unpaired) electrons. The maximum atomic E-state index is 12.4. The summed E-state index contributed by atoms with van der Waals surface area (Å²) in [5.41, 5.74) is 0.540. The van der Waals surface area contributed by atoms with E-state index < -0.39 is 0 Å². The van der Waals surface area contributed by atoms with E-state index in [2.05, 4.69) is 37.5 Å². The zero-order chi connectivity index (χ0) is 18.3. The fourth-order valence-electron chi connectivity index (χ4n) is 4.74. The largest absolute Gasteiger partial charge is 0.342 e. The molecule has 0 aromatic carbocycles. The van der Waals surface area contributed by atoms with Gasteiger partial charge in [-0.1, -0.05) is 40.5 Å². The average Bonchev–Trinajstić information content (AvgIpc) is 2.63. The van der Waals surface area contributed by atoms with Crippen LogP contribution in [0.3, 0.4) is 0 Å². The summed E-state index contributed by atoms with van der Waals surface area (Å²) in [6.07, 6.45) is 11.6. The molecule has 3 heteroatoms. The van der Waals surface area contributed by atoms with Gasteiger partial charge in [0.05, 0.1) is 0 Å². The van der Waals surface area contributed by atoms with Crippen molar-refractivity contribution in [3.63, 3.8) is 0 Å². The van der Waals surface area contributed by atoms with Gasteiger partial charge in [-0.2, -0.15) is 0 Å². The Morgan fingerprint density at radius 2 is 1.56 bits per heavy atom. The zero-order valence-corrected chi connectivity index (χ0v) is 17.4. The van der Waals surface area contributed by atoms with Gasteiger partial charge in [0.25, 0.3) is 0 Å². The van der Waals surface area contributed by atoms with Crippen LogP contribution in [0.5, 0.6) is 0 Å². The van der Waals surface area contributed by atoms with Crippen LogP contribution in [-0.4, -0.2) is 48.4 Å². The first-order valence-corrected chi connectivity index (χ1v) is 11.0. The number of amides is 1. The second kappa shape index (κ2) is 9.94. The normalized spacial score (nSPS) is 23.6. The van der Waals surface area contributed by atoms with Crippen LogP contribution in [-0.2, 0) is 4.79 Å². The first-order chi connectivity index (χ1) is 12.0. The molecule has 2 aliphatic rings. The summed E-state index contributed by atoms with van der Waals surface area (Å²) < 4.78 is 0. The van der Waals surface area contributed by atoms with Crippen molar-refractivity contribution >= 4 is 5.91 Å². The minimum Gasteiger partial charge on any atom is -0.342 e. The molecule has 0 N–H and O–H groups in total. The van der Waals surface area contributed by atoms with E-state index in [1.165, 1.54) is 71.0 Å². The lowest BCUT2D eigenvalue weighted by molar-refractivity contribution is -0.138. The minimum absolute atomic E-state index is 0.200. The maximum Gasteiger partial charge on any atom is 0.225 e. The SMILES string of the molecule is CCCC(C)CCCN1CCC2(CC1)CCN(C(=O)C(C)CC)CC2. The molecular formula is C22H42N2O. The van der Waals surface area contributed by atoms with Gasteiger partial charge in [0.2, 0.25) is 5.91 Å². The zero-order valence-electron chi connectivity index (χ0n) is 17.4. The summed E-state index contributed by atoms with van der Waals surface area (Å²) in [5.74, 6) is 1.48. The molecule has 0 saturated carbocycles. The molecule has 25 heavy (non-hydrogen) atoms. The Balaban J connectivity index is 1.67. The van der Waals surface area contributed by atoms with Crippen LogP contribution in [0, 0.1) is 17.3 Å². The lowest BCUT2D eigenvalue weighted by Crippen LogP contribution is -2.49. The van der Waals surface area contributed by atoms with E-state index in [1.54, 1.807) is 0 Å². The van der Waals surface area contributed by atoms with Gasteiger partial charge in [-0.05, 0) is 75.9 Å². The van der Waals surface area contributed by atoms with Crippen molar-refractivity contribution in [2.45, 2.75) is 85.5 Å². The summed E-state index contributed by atoms with van der Waals surface area (Å²) in [7, 11) is 0. The highest BCUT2D eigenvalue weighted by molar-refractivity contribution is 5.78. The van der Waals surface area contributed by atoms with Gasteiger partial charge in [-0.25, -0.2) is 0 Å². The van der Waals surface area contributed by atoms with E-state index in [4.69, 9.17) is 0 Å². The molecule has 2 fully saturated rings. The maximum absolute atomic E-state index is 12.4. The van der Waals surface area contributed by atoms with E-state index in [9.17, 15) is 4.79 Å². The quantitative estimate of drug-likeness (QED) is 0.618. The molecule has 2 saturated heterocycles. The highest BCUT2D eigenvalue weighted by atomic mass is 16.2. The highest BCUT2D eigenvalue weighted by Crippen LogP contribution is 2.41. The number of hydrogen-bond acceptors (Lipinski definition) is 2. The Hall–Kier alpha value is -0.570. The number of piperidine rings is 2. The van der Waals surface area contributed by atoms with E-state index in [1.807, 2.05) is 0 Å². The van der Waals surface area contributed by atoms with Gasteiger partial charge in [0.15, 0.2) is 0 Å². The van der Waals surface area contributed by atoms with Gasteiger partial charge in [0.1, 0.15) is 0 Å². The Morgan fingerprint density at radius 1 is 0.960 bits per heavy atom. The van der Waals surface area contributed by atoms with Crippen LogP contribution >= 0.6 is 0 Å². The Morgan fingerprint density at radius 3 is 2.12 bits per heavy atom. The van der Waals surface area contributed by atoms with Crippen LogP contribution < -0.4 is 0 Å². The molecule has 2 rings (SSSR count). The number of likely N-dealkylation sites (tertiary alicyclic amines) is 2. The molecule has 2 unspecified atom stereocenters. The van der Waals surface area contributed by atoms with Crippen LogP contribution in [0.15, 0.2) is 0 Å². The molecule has 0 aromatic rings. The molecular weight excluding hydrogens is 308 g/mol. The average molecular weight is 351 g/mol. The summed E-state index contributed by atoms with van der Waals surface area (Å²) in [4.78, 5) is 17.2.